The molecule has 1 saturated heterocycles. The van der Waals surface area contributed by atoms with E-state index in [1.165, 1.54) is 37.6 Å². The summed E-state index contributed by atoms with van der Waals surface area (Å²) in [6, 6.07) is 12.8. The second-order valence-electron chi connectivity index (χ2n) is 9.07. The first kappa shape index (κ1) is 26.4. The van der Waals surface area contributed by atoms with Crippen molar-refractivity contribution in [3.8, 4) is 0 Å². The number of fused-ring (bicyclic) bond motifs is 1. The standard InChI is InChI=1S/C26H29N3O7S/c1-17-12-29(13-18(2)36-17)25(31)15-28-14-23(21-6-4-5-7-22(21)28)37(33,34)16-24(30)27-20-10-8-19(9-11-20)26(32)35-3/h4-11,14,17-18H,12-13,15-16H2,1-3H3,(H,27,30). The van der Waals surface area contributed by atoms with Crippen molar-refractivity contribution in [2.75, 3.05) is 31.3 Å². The zero-order valence-electron chi connectivity index (χ0n) is 20.8. The molecule has 2 aromatic carbocycles. The monoisotopic (exact) mass is 527 g/mol. The number of hydrogen-bond donors (Lipinski definition) is 1. The number of carbonyl (C=O) groups is 3. The van der Waals surface area contributed by atoms with Crippen LogP contribution in [0.15, 0.2) is 59.6 Å². The predicted octanol–water partition coefficient (Wildman–Crippen LogP) is 2.48. The molecule has 1 N–H and O–H groups in total. The minimum Gasteiger partial charge on any atom is -0.465 e. The number of nitrogens with one attached hydrogen (secondary N) is 1. The number of esters is 1. The number of hydrogen-bond acceptors (Lipinski definition) is 7. The molecule has 1 aliphatic heterocycles. The van der Waals surface area contributed by atoms with Gasteiger partial charge in [-0.05, 0) is 44.2 Å². The number of aromatic nitrogens is 1. The number of anilines is 1. The number of carbonyl (C=O) groups excluding carboxylic acids is 3. The highest BCUT2D eigenvalue weighted by molar-refractivity contribution is 7.92. The van der Waals surface area contributed by atoms with Gasteiger partial charge in [0.25, 0.3) is 0 Å². The Bertz CT molecular complexity index is 1420. The first-order valence-corrected chi connectivity index (χ1v) is 13.4. The van der Waals surface area contributed by atoms with Crippen LogP contribution < -0.4 is 5.32 Å². The summed E-state index contributed by atoms with van der Waals surface area (Å²) < 4.78 is 38.5. The van der Waals surface area contributed by atoms with Gasteiger partial charge in [0.15, 0.2) is 9.84 Å². The predicted molar refractivity (Wildman–Crippen MR) is 137 cm³/mol. The van der Waals surface area contributed by atoms with Crippen molar-refractivity contribution < 1.29 is 32.3 Å². The van der Waals surface area contributed by atoms with E-state index in [9.17, 15) is 22.8 Å². The smallest absolute Gasteiger partial charge is 0.337 e. The lowest BCUT2D eigenvalue weighted by molar-refractivity contribution is -0.143. The first-order valence-electron chi connectivity index (χ1n) is 11.8. The molecule has 0 radical (unpaired) electrons. The minimum atomic E-state index is -4.04. The first-order chi connectivity index (χ1) is 17.6. The summed E-state index contributed by atoms with van der Waals surface area (Å²) in [6.07, 6.45) is 1.25. The Morgan fingerprint density at radius 3 is 2.32 bits per heavy atom. The SMILES string of the molecule is COC(=O)c1ccc(NC(=O)CS(=O)(=O)c2cn(CC(=O)N3CC(C)OC(C)C3)c3ccccc23)cc1. The van der Waals surface area contributed by atoms with Gasteiger partial charge < -0.3 is 24.3 Å². The van der Waals surface area contributed by atoms with Gasteiger partial charge in [-0.15, -0.1) is 0 Å². The number of methoxy groups -OCH3 is 1. The minimum absolute atomic E-state index is 0.0178. The molecule has 37 heavy (non-hydrogen) atoms. The molecule has 0 saturated carbocycles. The van der Waals surface area contributed by atoms with Crippen molar-refractivity contribution in [2.24, 2.45) is 0 Å². The van der Waals surface area contributed by atoms with E-state index in [1.807, 2.05) is 13.8 Å². The van der Waals surface area contributed by atoms with Crippen LogP contribution in [0, 0.1) is 0 Å². The lowest BCUT2D eigenvalue weighted by Gasteiger charge is -2.35. The summed E-state index contributed by atoms with van der Waals surface area (Å²) >= 11 is 0. The fraction of sp³-hybridized carbons (Fsp3) is 0.346. The van der Waals surface area contributed by atoms with E-state index in [4.69, 9.17) is 4.74 Å². The quantitative estimate of drug-likeness (QED) is 0.468. The summed E-state index contributed by atoms with van der Waals surface area (Å²) in [5, 5.41) is 2.98. The van der Waals surface area contributed by atoms with Crippen LogP contribution in [0.3, 0.4) is 0 Å². The maximum absolute atomic E-state index is 13.3. The zero-order chi connectivity index (χ0) is 26.7. The Kier molecular flexibility index (Phi) is 7.65. The van der Waals surface area contributed by atoms with E-state index in [2.05, 4.69) is 10.1 Å². The molecule has 0 aliphatic carbocycles. The van der Waals surface area contributed by atoms with Gasteiger partial charge in [-0.25, -0.2) is 13.2 Å². The fourth-order valence-electron chi connectivity index (χ4n) is 4.47. The van der Waals surface area contributed by atoms with Crippen LogP contribution in [0.4, 0.5) is 5.69 Å². The van der Waals surface area contributed by atoms with E-state index in [0.717, 1.165) is 0 Å². The van der Waals surface area contributed by atoms with E-state index in [0.29, 0.717) is 35.2 Å². The molecule has 11 heteroatoms. The van der Waals surface area contributed by atoms with Crippen LogP contribution in [0.25, 0.3) is 10.9 Å². The molecule has 2 heterocycles. The Hall–Kier alpha value is -3.70. The van der Waals surface area contributed by atoms with Crippen molar-refractivity contribution in [1.29, 1.82) is 0 Å². The molecule has 1 aromatic heterocycles. The third kappa shape index (κ3) is 6.00. The Morgan fingerprint density at radius 1 is 1.03 bits per heavy atom. The molecule has 196 valence electrons. The van der Waals surface area contributed by atoms with Crippen LogP contribution in [0.5, 0.6) is 0 Å². The topological polar surface area (TPSA) is 124 Å². The normalized spacial score (nSPS) is 18.0. The van der Waals surface area contributed by atoms with Crippen molar-refractivity contribution in [3.63, 3.8) is 0 Å². The molecule has 3 aromatic rings. The average Bonchev–Trinajstić information content (AvgIpc) is 3.22. The summed E-state index contributed by atoms with van der Waals surface area (Å²) in [4.78, 5) is 38.9. The van der Waals surface area contributed by atoms with Gasteiger partial charge in [-0.1, -0.05) is 18.2 Å². The van der Waals surface area contributed by atoms with Gasteiger partial charge in [0.05, 0.1) is 29.8 Å². The van der Waals surface area contributed by atoms with Crippen molar-refractivity contribution >= 4 is 44.2 Å². The number of morpholine rings is 1. The molecule has 1 fully saturated rings. The number of ether oxygens (including phenoxy) is 2. The van der Waals surface area contributed by atoms with Crippen molar-refractivity contribution in [2.45, 2.75) is 37.5 Å². The average molecular weight is 528 g/mol. The van der Waals surface area contributed by atoms with Gasteiger partial charge in [0, 0.05) is 35.9 Å². The number of para-hydroxylation sites is 1. The maximum atomic E-state index is 13.3. The molecule has 2 atom stereocenters. The highest BCUT2D eigenvalue weighted by atomic mass is 32.2. The number of rotatable bonds is 7. The van der Waals surface area contributed by atoms with Gasteiger partial charge in [0.1, 0.15) is 12.3 Å². The number of nitrogens with zero attached hydrogens (tertiary/aromatic N) is 2. The van der Waals surface area contributed by atoms with E-state index >= 15 is 0 Å². The number of amides is 2. The molecular weight excluding hydrogens is 498 g/mol. The Balaban J connectivity index is 1.52. The van der Waals surface area contributed by atoms with Crippen LogP contribution >= 0.6 is 0 Å². The van der Waals surface area contributed by atoms with Crippen LogP contribution in [0.2, 0.25) is 0 Å². The van der Waals surface area contributed by atoms with Crippen LogP contribution in [-0.2, 0) is 35.4 Å². The van der Waals surface area contributed by atoms with Gasteiger partial charge >= 0.3 is 5.97 Å². The molecule has 10 nitrogen and oxygen atoms in total. The highest BCUT2D eigenvalue weighted by Gasteiger charge is 2.28. The second-order valence-corrected chi connectivity index (χ2v) is 11.0. The van der Waals surface area contributed by atoms with E-state index < -0.39 is 27.5 Å². The second kappa shape index (κ2) is 10.7. The number of sulfone groups is 1. The highest BCUT2D eigenvalue weighted by Crippen LogP contribution is 2.27. The van der Waals surface area contributed by atoms with Gasteiger partial charge in [-0.2, -0.15) is 0 Å². The summed E-state index contributed by atoms with van der Waals surface area (Å²) in [6.45, 7) is 4.71. The Morgan fingerprint density at radius 2 is 1.68 bits per heavy atom. The van der Waals surface area contributed by atoms with Crippen LogP contribution in [0.1, 0.15) is 24.2 Å². The lowest BCUT2D eigenvalue weighted by Crippen LogP contribution is -2.49. The third-order valence-electron chi connectivity index (χ3n) is 6.08. The van der Waals surface area contributed by atoms with Crippen molar-refractivity contribution in [1.82, 2.24) is 9.47 Å². The van der Waals surface area contributed by atoms with Crippen molar-refractivity contribution in [3.05, 3.63) is 60.3 Å². The molecule has 2 unspecified atom stereocenters. The summed E-state index contributed by atoms with van der Waals surface area (Å²) in [5.74, 6) is -2.17. The molecule has 2 amide bonds. The Labute approximate surface area is 215 Å². The zero-order valence-corrected chi connectivity index (χ0v) is 21.7. The molecule has 0 bridgehead atoms. The molecule has 4 rings (SSSR count). The van der Waals surface area contributed by atoms with E-state index in [-0.39, 0.29) is 29.6 Å². The van der Waals surface area contributed by atoms with Gasteiger partial charge in [0.2, 0.25) is 11.8 Å². The molecule has 0 spiro atoms. The lowest BCUT2D eigenvalue weighted by atomic mass is 10.2. The van der Waals surface area contributed by atoms with E-state index in [1.54, 1.807) is 33.7 Å². The third-order valence-corrected chi connectivity index (χ3v) is 7.71. The summed E-state index contributed by atoms with van der Waals surface area (Å²) in [7, 11) is -2.78. The molecule has 1 aliphatic rings. The number of benzene rings is 2. The fourth-order valence-corrected chi connectivity index (χ4v) is 5.84. The largest absolute Gasteiger partial charge is 0.465 e. The van der Waals surface area contributed by atoms with Crippen LogP contribution in [-0.4, -0.2) is 73.8 Å². The maximum Gasteiger partial charge on any atom is 0.337 e. The summed E-state index contributed by atoms with van der Waals surface area (Å²) in [5.41, 5.74) is 1.23. The van der Waals surface area contributed by atoms with Gasteiger partial charge in [-0.3, -0.25) is 9.59 Å². The molecular formula is C26H29N3O7S.